The van der Waals surface area contributed by atoms with E-state index in [-0.39, 0.29) is 0 Å². The predicted octanol–water partition coefficient (Wildman–Crippen LogP) is 2.58. The van der Waals surface area contributed by atoms with Gasteiger partial charge in [-0.05, 0) is 18.1 Å². The molecule has 1 aromatic carbocycles. The van der Waals surface area contributed by atoms with Crippen molar-refractivity contribution in [3.8, 4) is 6.07 Å². The number of aryl methyl sites for hydroxylation is 1. The monoisotopic (exact) mass is 223 g/mol. The number of carbonyl (C=O) groups is 1. The largest absolute Gasteiger partial charge is 0.465 e. The second kappa shape index (κ2) is 5.38. The van der Waals surface area contributed by atoms with Gasteiger partial charge in [-0.3, -0.25) is 0 Å². The molecule has 78 valence electrons. The quantitative estimate of drug-likeness (QED) is 0.740. The van der Waals surface area contributed by atoms with Gasteiger partial charge in [-0.2, -0.15) is 5.26 Å². The number of benzene rings is 1. The van der Waals surface area contributed by atoms with Crippen LogP contribution in [0.5, 0.6) is 0 Å². The topological polar surface area (TPSA) is 50.1 Å². The van der Waals surface area contributed by atoms with Crippen molar-refractivity contribution in [1.82, 2.24) is 0 Å². The SMILES string of the molecule is COC(=O)c1c(Cl)cccc1CCC#N. The van der Waals surface area contributed by atoms with Crippen molar-refractivity contribution in [3.05, 3.63) is 34.3 Å². The Morgan fingerprint density at radius 3 is 2.93 bits per heavy atom. The molecule has 0 fully saturated rings. The highest BCUT2D eigenvalue weighted by Crippen LogP contribution is 2.21. The molecule has 4 heteroatoms. The van der Waals surface area contributed by atoms with Gasteiger partial charge >= 0.3 is 5.97 Å². The summed E-state index contributed by atoms with van der Waals surface area (Å²) in [7, 11) is 1.31. The van der Waals surface area contributed by atoms with Crippen LogP contribution in [0, 0.1) is 11.3 Å². The van der Waals surface area contributed by atoms with E-state index in [4.69, 9.17) is 16.9 Å². The molecule has 0 aliphatic heterocycles. The molecule has 0 N–H and O–H groups in total. The Kier molecular flexibility index (Phi) is 4.14. The molecular formula is C11H10ClNO2. The van der Waals surface area contributed by atoms with Gasteiger partial charge in [0.15, 0.2) is 0 Å². The number of nitriles is 1. The lowest BCUT2D eigenvalue weighted by Crippen LogP contribution is -2.06. The van der Waals surface area contributed by atoms with Crippen LogP contribution in [0.3, 0.4) is 0 Å². The first kappa shape index (κ1) is 11.5. The fourth-order valence-corrected chi connectivity index (χ4v) is 1.57. The lowest BCUT2D eigenvalue weighted by Gasteiger charge is -2.07. The van der Waals surface area contributed by atoms with Crippen LogP contribution in [-0.4, -0.2) is 13.1 Å². The van der Waals surface area contributed by atoms with E-state index in [1.165, 1.54) is 7.11 Å². The highest BCUT2D eigenvalue weighted by Gasteiger charge is 2.15. The summed E-state index contributed by atoms with van der Waals surface area (Å²) in [5, 5.41) is 8.84. The number of halogens is 1. The van der Waals surface area contributed by atoms with Gasteiger partial charge in [0.1, 0.15) is 0 Å². The minimum atomic E-state index is -0.464. The lowest BCUT2D eigenvalue weighted by molar-refractivity contribution is 0.0599. The fraction of sp³-hybridized carbons (Fsp3) is 0.273. The molecule has 0 amide bonds. The van der Waals surface area contributed by atoms with Crippen molar-refractivity contribution in [1.29, 1.82) is 5.26 Å². The van der Waals surface area contributed by atoms with Gasteiger partial charge in [-0.25, -0.2) is 4.79 Å². The van der Waals surface area contributed by atoms with Gasteiger partial charge < -0.3 is 4.74 Å². The van der Waals surface area contributed by atoms with Crippen LogP contribution >= 0.6 is 11.6 Å². The molecule has 15 heavy (non-hydrogen) atoms. The molecule has 3 nitrogen and oxygen atoms in total. The van der Waals surface area contributed by atoms with Gasteiger partial charge in [0.05, 0.1) is 23.8 Å². The van der Waals surface area contributed by atoms with Crippen LogP contribution in [0.1, 0.15) is 22.3 Å². The fourth-order valence-electron chi connectivity index (χ4n) is 1.30. The summed E-state index contributed by atoms with van der Waals surface area (Å²) in [6.45, 7) is 0. The normalized spacial score (nSPS) is 9.40. The third-order valence-electron chi connectivity index (χ3n) is 2.00. The Morgan fingerprint density at radius 1 is 1.60 bits per heavy atom. The summed E-state index contributed by atoms with van der Waals surface area (Å²) in [5.41, 5.74) is 1.10. The molecule has 0 atom stereocenters. The summed E-state index contributed by atoms with van der Waals surface area (Å²) in [5.74, 6) is -0.464. The molecule has 0 saturated carbocycles. The minimum Gasteiger partial charge on any atom is -0.465 e. The summed E-state index contributed by atoms with van der Waals surface area (Å²) in [6.07, 6.45) is 0.853. The van der Waals surface area contributed by atoms with Gasteiger partial charge in [0, 0.05) is 6.42 Å². The maximum Gasteiger partial charge on any atom is 0.339 e. The average Bonchev–Trinajstić information content (AvgIpc) is 2.25. The zero-order valence-electron chi connectivity index (χ0n) is 8.29. The smallest absolute Gasteiger partial charge is 0.339 e. The third-order valence-corrected chi connectivity index (χ3v) is 2.31. The second-order valence-corrected chi connectivity index (χ2v) is 3.33. The number of ether oxygens (including phenoxy) is 1. The zero-order chi connectivity index (χ0) is 11.3. The number of methoxy groups -OCH3 is 1. The third kappa shape index (κ3) is 2.71. The molecule has 0 aliphatic rings. The molecule has 0 bridgehead atoms. The number of rotatable bonds is 3. The van der Waals surface area contributed by atoms with Crippen molar-refractivity contribution in [2.75, 3.05) is 7.11 Å². The van der Waals surface area contributed by atoms with Gasteiger partial charge in [-0.15, -0.1) is 0 Å². The average molecular weight is 224 g/mol. The lowest BCUT2D eigenvalue weighted by atomic mass is 10.0. The molecular weight excluding hydrogens is 214 g/mol. The van der Waals surface area contributed by atoms with Crippen LogP contribution in [0.15, 0.2) is 18.2 Å². The van der Waals surface area contributed by atoms with Crippen LogP contribution in [-0.2, 0) is 11.2 Å². The summed E-state index contributed by atoms with van der Waals surface area (Å²) >= 11 is 5.90. The molecule has 1 aromatic rings. The van der Waals surface area contributed by atoms with Crippen molar-refractivity contribution in [3.63, 3.8) is 0 Å². The summed E-state index contributed by atoms with van der Waals surface area (Å²) in [6, 6.07) is 7.18. The van der Waals surface area contributed by atoms with Gasteiger partial charge in [0.25, 0.3) is 0 Å². The van der Waals surface area contributed by atoms with E-state index in [0.717, 1.165) is 5.56 Å². The molecule has 0 spiro atoms. The van der Waals surface area contributed by atoms with E-state index in [1.807, 2.05) is 6.07 Å². The van der Waals surface area contributed by atoms with E-state index in [9.17, 15) is 4.79 Å². The number of esters is 1. The Balaban J connectivity index is 3.09. The van der Waals surface area contributed by atoms with Crippen LogP contribution in [0.25, 0.3) is 0 Å². The Hall–Kier alpha value is -1.53. The zero-order valence-corrected chi connectivity index (χ0v) is 9.04. The van der Waals surface area contributed by atoms with E-state index in [0.29, 0.717) is 23.4 Å². The first-order valence-electron chi connectivity index (χ1n) is 4.43. The highest BCUT2D eigenvalue weighted by molar-refractivity contribution is 6.33. The van der Waals surface area contributed by atoms with Crippen LogP contribution in [0.4, 0.5) is 0 Å². The standard InChI is InChI=1S/C11H10ClNO2/c1-15-11(14)10-8(5-3-7-13)4-2-6-9(10)12/h2,4,6H,3,5H2,1H3. The number of carbonyl (C=O) groups excluding carboxylic acids is 1. The van der Waals surface area contributed by atoms with Crippen molar-refractivity contribution in [2.45, 2.75) is 12.8 Å². The van der Waals surface area contributed by atoms with Gasteiger partial charge in [-0.1, -0.05) is 23.7 Å². The molecule has 1 rings (SSSR count). The Labute approximate surface area is 93.2 Å². The molecule has 0 radical (unpaired) electrons. The molecule has 0 aromatic heterocycles. The van der Waals surface area contributed by atoms with E-state index in [1.54, 1.807) is 18.2 Å². The Bertz CT molecular complexity index is 410. The molecule has 0 heterocycles. The maximum absolute atomic E-state index is 11.4. The predicted molar refractivity (Wildman–Crippen MR) is 56.7 cm³/mol. The number of hydrogen-bond donors (Lipinski definition) is 0. The van der Waals surface area contributed by atoms with E-state index < -0.39 is 5.97 Å². The van der Waals surface area contributed by atoms with E-state index >= 15 is 0 Å². The molecule has 0 saturated heterocycles. The second-order valence-electron chi connectivity index (χ2n) is 2.92. The summed E-state index contributed by atoms with van der Waals surface area (Å²) in [4.78, 5) is 11.4. The first-order valence-corrected chi connectivity index (χ1v) is 4.81. The van der Waals surface area contributed by atoms with Crippen molar-refractivity contribution in [2.24, 2.45) is 0 Å². The van der Waals surface area contributed by atoms with Crippen molar-refractivity contribution < 1.29 is 9.53 Å². The number of hydrogen-bond acceptors (Lipinski definition) is 3. The highest BCUT2D eigenvalue weighted by atomic mass is 35.5. The molecule has 0 unspecified atom stereocenters. The maximum atomic E-state index is 11.4. The Morgan fingerprint density at radius 2 is 2.33 bits per heavy atom. The molecule has 0 aliphatic carbocycles. The van der Waals surface area contributed by atoms with Gasteiger partial charge in [0.2, 0.25) is 0 Å². The first-order chi connectivity index (χ1) is 7.20. The number of nitrogens with zero attached hydrogens (tertiary/aromatic N) is 1. The van der Waals surface area contributed by atoms with Crippen molar-refractivity contribution >= 4 is 17.6 Å². The minimum absolute atomic E-state index is 0.352. The summed E-state index contributed by atoms with van der Waals surface area (Å²) < 4.78 is 4.63. The van der Waals surface area contributed by atoms with Crippen LogP contribution < -0.4 is 0 Å². The van der Waals surface area contributed by atoms with E-state index in [2.05, 4.69) is 4.74 Å². The van der Waals surface area contributed by atoms with Crippen LogP contribution in [0.2, 0.25) is 5.02 Å².